The first-order valence-electron chi connectivity index (χ1n) is 6.91. The first kappa shape index (κ1) is 17.0. The molecule has 0 fully saturated rings. The molecule has 0 spiro atoms. The summed E-state index contributed by atoms with van der Waals surface area (Å²) in [5, 5.41) is 0. The molecule has 0 aliphatic heterocycles. The van der Waals surface area contributed by atoms with Crippen molar-refractivity contribution < 1.29 is 18.4 Å². The van der Waals surface area contributed by atoms with Crippen molar-refractivity contribution in [3.63, 3.8) is 0 Å². The summed E-state index contributed by atoms with van der Waals surface area (Å²) in [6.45, 7) is 1.98. The van der Waals surface area contributed by atoms with Crippen molar-refractivity contribution in [1.29, 1.82) is 0 Å². The van der Waals surface area contributed by atoms with Crippen LogP contribution in [0, 0.1) is 6.92 Å². The Hall–Kier alpha value is -2.34. The molecular formula is C17H19NO4S. The van der Waals surface area contributed by atoms with Crippen LogP contribution >= 0.6 is 0 Å². The maximum absolute atomic E-state index is 12.2. The zero-order chi connectivity index (χ0) is 16.8. The molecule has 0 saturated heterocycles. The van der Waals surface area contributed by atoms with E-state index in [2.05, 4.69) is 4.40 Å². The van der Waals surface area contributed by atoms with Crippen LogP contribution < -0.4 is 14.2 Å². The van der Waals surface area contributed by atoms with Crippen molar-refractivity contribution in [3.8, 4) is 17.2 Å². The monoisotopic (exact) mass is 333 g/mol. The molecule has 2 aromatic carbocycles. The largest absolute Gasteiger partial charge is 0.493 e. The van der Waals surface area contributed by atoms with Crippen LogP contribution in [0.25, 0.3) is 0 Å². The molecule has 0 radical (unpaired) electrons. The highest BCUT2D eigenvalue weighted by Crippen LogP contribution is 2.37. The molecule has 2 aromatic rings. The van der Waals surface area contributed by atoms with Crippen LogP contribution in [0.5, 0.6) is 17.2 Å². The highest BCUT2D eigenvalue weighted by Gasteiger charge is 2.12. The second-order valence-electron chi connectivity index (χ2n) is 4.76. The maximum Gasteiger partial charge on any atom is 0.203 e. The number of hydrogen-bond acceptors (Lipinski definition) is 4. The SMILES string of the molecule is COc1cc(/C=N/[S@](=O)c2ccc(C)cc2)cc(OC)c1OC. The van der Waals surface area contributed by atoms with Crippen LogP contribution in [-0.4, -0.2) is 31.8 Å². The maximum atomic E-state index is 12.2. The van der Waals surface area contributed by atoms with Gasteiger partial charge in [0.1, 0.15) is 0 Å². The zero-order valence-corrected chi connectivity index (χ0v) is 14.3. The van der Waals surface area contributed by atoms with Crippen LogP contribution in [0.3, 0.4) is 0 Å². The Balaban J connectivity index is 2.28. The summed E-state index contributed by atoms with van der Waals surface area (Å²) in [5.74, 6) is 1.55. The third-order valence-electron chi connectivity index (χ3n) is 3.21. The molecule has 2 rings (SSSR count). The fourth-order valence-electron chi connectivity index (χ4n) is 2.00. The molecule has 5 nitrogen and oxygen atoms in total. The molecule has 0 unspecified atom stereocenters. The topological polar surface area (TPSA) is 57.1 Å². The Morgan fingerprint density at radius 3 is 2.00 bits per heavy atom. The van der Waals surface area contributed by atoms with Gasteiger partial charge in [-0.05, 0) is 31.2 Å². The van der Waals surface area contributed by atoms with E-state index < -0.39 is 11.0 Å². The van der Waals surface area contributed by atoms with E-state index in [-0.39, 0.29) is 0 Å². The summed E-state index contributed by atoms with van der Waals surface area (Å²) in [7, 11) is 3.17. The third kappa shape index (κ3) is 4.10. The molecule has 0 N–H and O–H groups in total. The first-order chi connectivity index (χ1) is 11.1. The highest BCUT2D eigenvalue weighted by atomic mass is 32.2. The Labute approximate surface area is 138 Å². The number of nitrogens with zero attached hydrogens (tertiary/aromatic N) is 1. The number of hydrogen-bond donors (Lipinski definition) is 0. The number of aryl methyl sites for hydroxylation is 1. The lowest BCUT2D eigenvalue weighted by Gasteiger charge is -2.12. The number of methoxy groups -OCH3 is 3. The van der Waals surface area contributed by atoms with E-state index in [1.807, 2.05) is 19.1 Å². The quantitative estimate of drug-likeness (QED) is 0.762. The molecule has 0 aliphatic carbocycles. The Kier molecular flexibility index (Phi) is 5.76. The fraction of sp³-hybridized carbons (Fsp3) is 0.235. The predicted molar refractivity (Wildman–Crippen MR) is 91.3 cm³/mol. The molecule has 6 heteroatoms. The third-order valence-corrected chi connectivity index (χ3v) is 4.18. The van der Waals surface area contributed by atoms with Gasteiger partial charge in [-0.25, -0.2) is 4.21 Å². The summed E-state index contributed by atoms with van der Waals surface area (Å²) in [6, 6.07) is 10.9. The minimum absolute atomic E-state index is 0.506. The van der Waals surface area contributed by atoms with Gasteiger partial charge in [0.2, 0.25) is 5.75 Å². The van der Waals surface area contributed by atoms with Crippen molar-refractivity contribution in [2.75, 3.05) is 21.3 Å². The fourth-order valence-corrected chi connectivity index (χ4v) is 2.71. The van der Waals surface area contributed by atoms with E-state index >= 15 is 0 Å². The van der Waals surface area contributed by atoms with E-state index in [0.29, 0.717) is 27.7 Å². The van der Waals surface area contributed by atoms with Crippen LogP contribution in [0.2, 0.25) is 0 Å². The van der Waals surface area contributed by atoms with Gasteiger partial charge in [0.15, 0.2) is 22.5 Å². The average Bonchev–Trinajstić information content (AvgIpc) is 2.59. The molecule has 0 heterocycles. The van der Waals surface area contributed by atoms with Crippen molar-refractivity contribution in [2.24, 2.45) is 4.40 Å². The molecule has 122 valence electrons. The normalized spacial score (nSPS) is 12.2. The van der Waals surface area contributed by atoms with E-state index in [9.17, 15) is 4.21 Å². The molecule has 0 amide bonds. The molecular weight excluding hydrogens is 314 g/mol. The van der Waals surface area contributed by atoms with Gasteiger partial charge in [-0.3, -0.25) is 0 Å². The van der Waals surface area contributed by atoms with Gasteiger partial charge < -0.3 is 14.2 Å². The van der Waals surface area contributed by atoms with E-state index in [1.54, 1.807) is 45.6 Å². The summed E-state index contributed by atoms with van der Waals surface area (Å²) in [6.07, 6.45) is 1.53. The zero-order valence-electron chi connectivity index (χ0n) is 13.5. The van der Waals surface area contributed by atoms with Gasteiger partial charge in [0, 0.05) is 11.8 Å². The van der Waals surface area contributed by atoms with E-state index in [1.165, 1.54) is 6.21 Å². The molecule has 0 bridgehead atoms. The van der Waals surface area contributed by atoms with Crippen molar-refractivity contribution in [1.82, 2.24) is 0 Å². The standard InChI is InChI=1S/C17H19NO4S/c1-12-5-7-14(8-6-12)23(19)18-11-13-9-15(20-2)17(22-4)16(10-13)21-3/h5-11H,1-4H3/b18-11+/t23-/m1/s1. The highest BCUT2D eigenvalue weighted by molar-refractivity contribution is 7.83. The Bertz CT molecular complexity index is 701. The van der Waals surface area contributed by atoms with Crippen LogP contribution in [0.4, 0.5) is 0 Å². The Morgan fingerprint density at radius 1 is 0.957 bits per heavy atom. The molecule has 0 aromatic heterocycles. The van der Waals surface area contributed by atoms with E-state index in [0.717, 1.165) is 5.56 Å². The molecule has 0 aliphatic rings. The number of benzene rings is 2. The van der Waals surface area contributed by atoms with Gasteiger partial charge in [0.05, 0.1) is 26.2 Å². The molecule has 0 saturated carbocycles. The van der Waals surface area contributed by atoms with Gasteiger partial charge >= 0.3 is 0 Å². The van der Waals surface area contributed by atoms with Crippen LogP contribution in [-0.2, 0) is 11.0 Å². The summed E-state index contributed by atoms with van der Waals surface area (Å²) in [5.41, 5.74) is 1.82. The minimum atomic E-state index is -1.46. The average molecular weight is 333 g/mol. The second kappa shape index (κ2) is 7.78. The van der Waals surface area contributed by atoms with Crippen molar-refractivity contribution >= 4 is 17.2 Å². The lowest BCUT2D eigenvalue weighted by molar-refractivity contribution is 0.324. The minimum Gasteiger partial charge on any atom is -0.493 e. The summed E-state index contributed by atoms with van der Waals surface area (Å²) in [4.78, 5) is 0.652. The smallest absolute Gasteiger partial charge is 0.203 e. The van der Waals surface area contributed by atoms with Gasteiger partial charge in [0.25, 0.3) is 0 Å². The lowest BCUT2D eigenvalue weighted by atomic mass is 10.2. The Morgan fingerprint density at radius 2 is 1.52 bits per heavy atom. The molecule has 23 heavy (non-hydrogen) atoms. The van der Waals surface area contributed by atoms with Crippen molar-refractivity contribution in [3.05, 3.63) is 47.5 Å². The van der Waals surface area contributed by atoms with Gasteiger partial charge in [-0.15, -0.1) is 0 Å². The van der Waals surface area contributed by atoms with Gasteiger partial charge in [-0.2, -0.15) is 4.40 Å². The van der Waals surface area contributed by atoms with Crippen LogP contribution in [0.15, 0.2) is 45.7 Å². The summed E-state index contributed by atoms with van der Waals surface area (Å²) >= 11 is 0. The van der Waals surface area contributed by atoms with Gasteiger partial charge in [-0.1, -0.05) is 17.7 Å². The van der Waals surface area contributed by atoms with E-state index in [4.69, 9.17) is 14.2 Å². The number of rotatable bonds is 6. The predicted octanol–water partition coefficient (Wildman–Crippen LogP) is 3.16. The first-order valence-corrected chi connectivity index (χ1v) is 8.02. The second-order valence-corrected chi connectivity index (χ2v) is 5.94. The lowest BCUT2D eigenvalue weighted by Crippen LogP contribution is -1.97. The van der Waals surface area contributed by atoms with Crippen LogP contribution in [0.1, 0.15) is 11.1 Å². The molecule has 1 atom stereocenters. The van der Waals surface area contributed by atoms with Crippen molar-refractivity contribution in [2.45, 2.75) is 11.8 Å². The number of ether oxygens (including phenoxy) is 3. The summed E-state index contributed by atoms with van der Waals surface area (Å²) < 4.78 is 32.1.